The molecule has 0 atom stereocenters. The molecule has 80 heavy (non-hydrogen) atoms. The zero-order chi connectivity index (χ0) is 56.3. The predicted molar refractivity (Wildman–Crippen MR) is 280 cm³/mol. The number of ether oxygens (including phenoxy) is 6. The number of hydrogen-bond acceptors (Lipinski definition) is 15. The summed E-state index contributed by atoms with van der Waals surface area (Å²) in [5.74, 6) is 1.21. The van der Waals surface area contributed by atoms with Gasteiger partial charge in [0.2, 0.25) is 0 Å². The van der Waals surface area contributed by atoms with Gasteiger partial charge in [0.1, 0.15) is 34.1 Å². The van der Waals surface area contributed by atoms with Crippen LogP contribution in [-0.2, 0) is 50.9 Å². The third-order valence-corrected chi connectivity index (χ3v) is 11.8. The zero-order valence-corrected chi connectivity index (χ0v) is 58.9. The summed E-state index contributed by atoms with van der Waals surface area (Å²) in [7, 11) is 3.04. The first kappa shape index (κ1) is 72.7. The Bertz CT molecular complexity index is 3220. The van der Waals surface area contributed by atoms with Crippen molar-refractivity contribution in [1.82, 2.24) is 19.9 Å². The number of carbonyl (C=O) groups excluding carboxylic acids is 3. The summed E-state index contributed by atoms with van der Waals surface area (Å²) in [6.07, 6.45) is -1.35. The van der Waals surface area contributed by atoms with E-state index in [4.69, 9.17) is 47.5 Å². The summed E-state index contributed by atoms with van der Waals surface area (Å²) in [5, 5.41) is 17.4. The summed E-state index contributed by atoms with van der Waals surface area (Å²) >= 11 is 3.30. The van der Waals surface area contributed by atoms with Crippen LogP contribution in [0.2, 0.25) is 0 Å². The monoisotopic (exact) mass is 1430 g/mol. The average Bonchev–Trinajstić information content (AvgIpc) is 4.25. The van der Waals surface area contributed by atoms with Gasteiger partial charge in [0.15, 0.2) is 22.6 Å². The number of benzene rings is 4. The van der Waals surface area contributed by atoms with Gasteiger partial charge in [-0.25, -0.2) is 9.59 Å². The van der Waals surface area contributed by atoms with Crippen LogP contribution in [0.5, 0.6) is 23.0 Å². The number of rotatable bonds is 20. The molecule has 26 heteroatoms. The Kier molecular flexibility index (Phi) is 32.5. The molecule has 0 bridgehead atoms. The van der Waals surface area contributed by atoms with Gasteiger partial charge in [0, 0.05) is 63.8 Å². The molecule has 17 nitrogen and oxygen atoms in total. The molecular weight excluding hydrogens is 1370 g/mol. The van der Waals surface area contributed by atoms with Gasteiger partial charge >= 0.3 is 162 Å². The van der Waals surface area contributed by atoms with E-state index in [1.165, 1.54) is 26.4 Å². The van der Waals surface area contributed by atoms with Crippen molar-refractivity contribution in [1.29, 1.82) is 0 Å². The molecule has 0 aliphatic rings. The maximum atomic E-state index is 13.2. The number of fused-ring (bicyclic) bond motifs is 4. The van der Waals surface area contributed by atoms with Crippen molar-refractivity contribution in [3.63, 3.8) is 0 Å². The Morgan fingerprint density at radius 2 is 1.19 bits per heavy atom. The van der Waals surface area contributed by atoms with E-state index >= 15 is 0 Å². The van der Waals surface area contributed by atoms with E-state index in [-0.39, 0.29) is 188 Å². The molecule has 0 unspecified atom stereocenters. The quantitative estimate of drug-likeness (QED) is 0.0156. The first-order valence-electron chi connectivity index (χ1n) is 24.1. The number of aromatic amines is 1. The number of alkyl halides is 7. The van der Waals surface area contributed by atoms with E-state index in [2.05, 4.69) is 36.1 Å². The molecule has 1 N–H and O–H groups in total. The number of nitrogens with zero attached hydrogens (tertiary/aromatic N) is 3. The van der Waals surface area contributed by atoms with E-state index in [0.29, 0.717) is 97.3 Å². The number of H-pyrrole nitrogens is 1. The number of hydrogen-bond donors (Lipinski definition) is 1. The normalized spacial score (nSPS) is 10.8. The first-order valence-corrected chi connectivity index (χ1v) is 25.2. The summed E-state index contributed by atoms with van der Waals surface area (Å²) in [6, 6.07) is 16.7. The molecule has 0 saturated carbocycles. The van der Waals surface area contributed by atoms with Crippen molar-refractivity contribution in [2.75, 3.05) is 46.0 Å². The van der Waals surface area contributed by atoms with Crippen LogP contribution in [0.15, 0.2) is 82.1 Å². The first-order chi connectivity index (χ1) is 36.9. The molecule has 0 aliphatic carbocycles. The van der Waals surface area contributed by atoms with Crippen LogP contribution in [0, 0.1) is 0 Å². The summed E-state index contributed by atoms with van der Waals surface area (Å²) < 4.78 is 123. The molecule has 4 heterocycles. The summed E-state index contributed by atoms with van der Waals surface area (Å²) in [6.45, 7) is 9.31. The van der Waals surface area contributed by atoms with Crippen molar-refractivity contribution in [2.24, 2.45) is 0 Å². The van der Waals surface area contributed by atoms with Gasteiger partial charge in [-0.1, -0.05) is 60.4 Å². The minimum absolute atomic E-state index is 0. The third kappa shape index (κ3) is 19.3. The van der Waals surface area contributed by atoms with Crippen LogP contribution < -0.4 is 162 Å². The van der Waals surface area contributed by atoms with Crippen molar-refractivity contribution in [3.05, 3.63) is 107 Å². The van der Waals surface area contributed by atoms with Crippen LogP contribution in [-0.4, -0.2) is 84.3 Å². The van der Waals surface area contributed by atoms with E-state index < -0.39 is 29.7 Å². The Morgan fingerprint density at radius 1 is 0.713 bits per heavy atom. The topological polar surface area (TPSA) is 212 Å². The molecule has 0 fully saturated rings. The van der Waals surface area contributed by atoms with E-state index in [0.717, 1.165) is 40.0 Å². The second-order valence-electron chi connectivity index (χ2n) is 16.4. The zero-order valence-electron chi connectivity index (χ0n) is 45.8. The minimum atomic E-state index is -4.59. The molecule has 426 valence electrons. The molecule has 0 radical (unpaired) electrons. The van der Waals surface area contributed by atoms with Crippen molar-refractivity contribution in [2.45, 2.75) is 92.5 Å². The fourth-order valence-electron chi connectivity index (χ4n) is 7.96. The van der Waals surface area contributed by atoms with E-state index in [1.807, 2.05) is 42.9 Å². The maximum absolute atomic E-state index is 13.2. The fraction of sp³-hybridized carbons (Fsp3) is 0.389. The Labute approximate surface area is 585 Å². The molecule has 0 saturated heterocycles. The summed E-state index contributed by atoms with van der Waals surface area (Å²) in [5.41, 5.74) is 2.16. The SMILES string of the molecule is C.CCCc1c(OCCCBr)ccc2c(C(F)(F)F)noc12.CCCc1c(OCCCn2ccc3cc(C(=O)OCC)c(OC)cc32)ccc2c(C(F)(F)F)noc12.CCOC(=O)c1cc2cc[nH]c2cc1OC.O=CO[O-].[Cs+].[Cs+].[H-]. The van der Waals surface area contributed by atoms with Gasteiger partial charge in [-0.3, -0.25) is 4.79 Å². The van der Waals surface area contributed by atoms with Crippen LogP contribution in [0.3, 0.4) is 0 Å². The second-order valence-corrected chi connectivity index (χ2v) is 17.2. The number of aryl methyl sites for hydroxylation is 3. The number of carbonyl (C=O) groups is 3. The minimum Gasteiger partial charge on any atom is -1.00 e. The van der Waals surface area contributed by atoms with Crippen LogP contribution in [0.1, 0.15) is 105 Å². The average molecular weight is 1430 g/mol. The molecule has 8 aromatic rings. The van der Waals surface area contributed by atoms with Crippen molar-refractivity contribution >= 4 is 78.1 Å². The number of nitrogens with one attached hydrogen (secondary N) is 1. The smallest absolute Gasteiger partial charge is 1.00 e. The Hall–Kier alpha value is -3.37. The maximum Gasteiger partial charge on any atom is 1.00 e. The molecule has 0 spiro atoms. The van der Waals surface area contributed by atoms with E-state index in [1.54, 1.807) is 50.2 Å². The van der Waals surface area contributed by atoms with Gasteiger partial charge in [0.25, 0.3) is 6.47 Å². The molecular formula is C54H61BrCs2F6N4O13. The number of aromatic nitrogens is 4. The van der Waals surface area contributed by atoms with Crippen LogP contribution in [0.4, 0.5) is 26.3 Å². The molecule has 0 amide bonds. The van der Waals surface area contributed by atoms with Gasteiger partial charge in [-0.05, 0) is 88.1 Å². The van der Waals surface area contributed by atoms with Crippen molar-refractivity contribution < 1.29 is 228 Å². The third-order valence-electron chi connectivity index (χ3n) is 11.3. The molecule has 8 rings (SSSR count). The molecule has 4 aromatic carbocycles. The number of halogens is 7. The van der Waals surface area contributed by atoms with Gasteiger partial charge in [-0.2, -0.15) is 26.3 Å². The number of methoxy groups -OCH3 is 2. The number of esters is 2. The summed E-state index contributed by atoms with van der Waals surface area (Å²) in [4.78, 5) is 38.2. The van der Waals surface area contributed by atoms with Crippen molar-refractivity contribution in [3.8, 4) is 23.0 Å². The van der Waals surface area contributed by atoms with Gasteiger partial charge in [0.05, 0.1) is 56.9 Å². The second kappa shape index (κ2) is 35.7. The molecule has 4 aromatic heterocycles. The van der Waals surface area contributed by atoms with Crippen LogP contribution in [0.25, 0.3) is 43.7 Å². The predicted octanol–water partition coefficient (Wildman–Crippen LogP) is 6.92. The Morgan fingerprint density at radius 3 is 1.62 bits per heavy atom. The Balaban J connectivity index is 0.000000621. The van der Waals surface area contributed by atoms with Gasteiger partial charge < -0.3 is 58.6 Å². The fourth-order valence-corrected chi connectivity index (χ4v) is 8.19. The van der Waals surface area contributed by atoms with Gasteiger partial charge in [-0.15, -0.1) is 0 Å². The van der Waals surface area contributed by atoms with E-state index in [9.17, 15) is 35.9 Å². The van der Waals surface area contributed by atoms with Crippen LogP contribution >= 0.6 is 15.9 Å². The largest absolute Gasteiger partial charge is 1.00 e. The standard InChI is InChI=1S/C26H27F3N2O5.C14H15BrF3NO2.C12H13NO3.CH2O3.CH4.2Cs.H/c1-4-7-17-21(9-8-18-23(17)36-30-24(18)26(27,28)29)35-13-6-11-31-12-10-16-14-19(25(32)34-5-2)22(33-3)15-20(16)31;1-2-4-9-11(20-8-3-7-15)6-5-10-12(9)21-19-13(10)14(16,17)18;1-3-16-12(14)9-6-8-4-5-13-10(8)7-11(9)15-2;2-1-4-3;;;;/h8-10,12,14-15H,4-7,11,13H2,1-3H3;5-6H,2-4,7-8H2,1H3;4-7,13H,3H2,1-2H3;1,3H;1H4;;;/q;;;;;2*+1;-1/p-1. The molecule has 0 aliphatic heterocycles.